The van der Waals surface area contributed by atoms with Gasteiger partial charge in [0, 0.05) is 6.04 Å². The van der Waals surface area contributed by atoms with E-state index in [1.807, 2.05) is 0 Å². The molecule has 2 rings (SSSR count). The van der Waals surface area contributed by atoms with Gasteiger partial charge >= 0.3 is 0 Å². The number of rotatable bonds is 2. The van der Waals surface area contributed by atoms with Gasteiger partial charge in [-0.05, 0) is 37.3 Å². The third-order valence-electron chi connectivity index (χ3n) is 2.70. The molecule has 0 spiro atoms. The van der Waals surface area contributed by atoms with Crippen molar-refractivity contribution in [3.63, 3.8) is 0 Å². The minimum Gasteiger partial charge on any atom is -0.393 e. The van der Waals surface area contributed by atoms with E-state index in [9.17, 15) is 9.50 Å². The third-order valence-corrected chi connectivity index (χ3v) is 2.88. The Morgan fingerprint density at radius 3 is 3.06 bits per heavy atom. The molecule has 0 amide bonds. The zero-order valence-corrected chi connectivity index (χ0v) is 9.41. The summed E-state index contributed by atoms with van der Waals surface area (Å²) in [5, 5.41) is 12.5. The molecule has 1 unspecified atom stereocenters. The summed E-state index contributed by atoms with van der Waals surface area (Å²) in [5.41, 5.74) is 0. The number of hydrogen-bond donors (Lipinski definition) is 2. The molecule has 0 radical (unpaired) electrons. The molecule has 0 aromatic carbocycles. The summed E-state index contributed by atoms with van der Waals surface area (Å²) in [7, 11) is 0. The number of aliphatic hydroxyl groups is 1. The molecule has 0 saturated heterocycles. The quantitative estimate of drug-likeness (QED) is 0.783. The van der Waals surface area contributed by atoms with Gasteiger partial charge < -0.3 is 10.4 Å². The van der Waals surface area contributed by atoms with Gasteiger partial charge in [0.25, 0.3) is 0 Å². The first kappa shape index (κ1) is 11.5. The first-order chi connectivity index (χ1) is 7.65. The maximum Gasteiger partial charge on any atom is 0.224 e. The molecule has 1 aromatic heterocycles. The van der Waals surface area contributed by atoms with Crippen LogP contribution in [0.5, 0.6) is 0 Å². The van der Waals surface area contributed by atoms with Crippen molar-refractivity contribution in [2.45, 2.75) is 37.8 Å². The van der Waals surface area contributed by atoms with Crippen LogP contribution in [0.3, 0.4) is 0 Å². The van der Waals surface area contributed by atoms with Gasteiger partial charge in [-0.2, -0.15) is 4.98 Å². The van der Waals surface area contributed by atoms with Crippen molar-refractivity contribution in [3.05, 3.63) is 17.3 Å². The molecule has 0 aliphatic heterocycles. The number of nitrogens with one attached hydrogen (secondary N) is 1. The number of aliphatic hydroxyl groups excluding tert-OH is 1. The van der Waals surface area contributed by atoms with E-state index in [2.05, 4.69) is 15.3 Å². The van der Waals surface area contributed by atoms with Crippen molar-refractivity contribution in [1.82, 2.24) is 9.97 Å². The van der Waals surface area contributed by atoms with E-state index in [1.54, 1.807) is 0 Å². The first-order valence-corrected chi connectivity index (χ1v) is 5.65. The largest absolute Gasteiger partial charge is 0.393 e. The third kappa shape index (κ3) is 2.80. The number of anilines is 1. The maximum atomic E-state index is 13.3. The van der Waals surface area contributed by atoms with E-state index in [0.29, 0.717) is 6.42 Å². The van der Waals surface area contributed by atoms with Crippen molar-refractivity contribution in [2.24, 2.45) is 0 Å². The van der Waals surface area contributed by atoms with E-state index in [4.69, 9.17) is 11.6 Å². The molecule has 1 aliphatic carbocycles. The second-order valence-corrected chi connectivity index (χ2v) is 4.34. The van der Waals surface area contributed by atoms with E-state index in [1.165, 1.54) is 0 Å². The second kappa shape index (κ2) is 4.93. The van der Waals surface area contributed by atoms with Gasteiger partial charge in [0.05, 0.1) is 12.3 Å². The Balaban J connectivity index is 2.05. The number of nitrogens with zero attached hydrogens (tertiary/aromatic N) is 2. The lowest BCUT2D eigenvalue weighted by Crippen LogP contribution is -2.30. The van der Waals surface area contributed by atoms with E-state index < -0.39 is 5.82 Å². The Hall–Kier alpha value is -0.940. The van der Waals surface area contributed by atoms with Crippen LogP contribution in [-0.4, -0.2) is 27.2 Å². The summed E-state index contributed by atoms with van der Waals surface area (Å²) < 4.78 is 13.3. The smallest absolute Gasteiger partial charge is 0.224 e. The zero-order valence-electron chi connectivity index (χ0n) is 8.66. The Labute approximate surface area is 97.9 Å². The lowest BCUT2D eigenvalue weighted by Gasteiger charge is -2.27. The van der Waals surface area contributed by atoms with Crippen LogP contribution in [0.2, 0.25) is 5.28 Å². The highest BCUT2D eigenvalue weighted by molar-refractivity contribution is 6.28. The van der Waals surface area contributed by atoms with Crippen molar-refractivity contribution >= 4 is 17.4 Å². The molecule has 2 atom stereocenters. The molecule has 1 fully saturated rings. The summed E-state index contributed by atoms with van der Waals surface area (Å²) in [6.07, 6.45) is 3.98. The lowest BCUT2D eigenvalue weighted by molar-refractivity contribution is 0.124. The van der Waals surface area contributed by atoms with Gasteiger partial charge in [-0.1, -0.05) is 0 Å². The van der Waals surface area contributed by atoms with Gasteiger partial charge in [0.2, 0.25) is 5.28 Å². The predicted molar refractivity (Wildman–Crippen MR) is 58.9 cm³/mol. The highest BCUT2D eigenvalue weighted by Crippen LogP contribution is 2.22. The summed E-state index contributed by atoms with van der Waals surface area (Å²) in [4.78, 5) is 7.32. The summed E-state index contributed by atoms with van der Waals surface area (Å²) in [5.74, 6) is -0.413. The van der Waals surface area contributed by atoms with E-state index in [0.717, 1.165) is 25.5 Å². The molecule has 16 heavy (non-hydrogen) atoms. The Bertz CT molecular complexity index is 377. The Morgan fingerprint density at radius 1 is 1.50 bits per heavy atom. The van der Waals surface area contributed by atoms with E-state index in [-0.39, 0.29) is 23.2 Å². The highest BCUT2D eigenvalue weighted by Gasteiger charge is 2.21. The Morgan fingerprint density at radius 2 is 2.31 bits per heavy atom. The molecule has 6 heteroatoms. The van der Waals surface area contributed by atoms with Gasteiger partial charge in [0.15, 0.2) is 11.6 Å². The molecule has 2 N–H and O–H groups in total. The average Bonchev–Trinajstić information content (AvgIpc) is 2.24. The zero-order chi connectivity index (χ0) is 11.5. The minimum atomic E-state index is -0.524. The number of halogens is 2. The predicted octanol–water partition coefficient (Wildman–Crippen LogP) is 1.98. The van der Waals surface area contributed by atoms with Crippen molar-refractivity contribution < 1.29 is 9.50 Å². The number of hydrogen-bond acceptors (Lipinski definition) is 4. The molecular weight excluding hydrogens is 233 g/mol. The minimum absolute atomic E-state index is 0.0141. The highest BCUT2D eigenvalue weighted by atomic mass is 35.5. The molecule has 88 valence electrons. The molecule has 1 heterocycles. The first-order valence-electron chi connectivity index (χ1n) is 5.28. The average molecular weight is 246 g/mol. The van der Waals surface area contributed by atoms with Crippen LogP contribution < -0.4 is 5.32 Å². The van der Waals surface area contributed by atoms with Crippen LogP contribution in [0, 0.1) is 5.82 Å². The molecule has 1 aliphatic rings. The topological polar surface area (TPSA) is 58.0 Å². The molecule has 1 aromatic rings. The second-order valence-electron chi connectivity index (χ2n) is 4.00. The molecule has 1 saturated carbocycles. The van der Waals surface area contributed by atoms with Gasteiger partial charge in [-0.15, -0.1) is 0 Å². The van der Waals surface area contributed by atoms with E-state index >= 15 is 0 Å². The van der Waals surface area contributed by atoms with Crippen molar-refractivity contribution in [2.75, 3.05) is 5.32 Å². The van der Waals surface area contributed by atoms with Gasteiger partial charge in [0.1, 0.15) is 0 Å². The molecule has 0 bridgehead atoms. The Kier molecular flexibility index (Phi) is 3.56. The van der Waals surface area contributed by atoms with Crippen LogP contribution in [0.25, 0.3) is 0 Å². The summed E-state index contributed by atoms with van der Waals surface area (Å²) in [6, 6.07) is 0.0456. The van der Waals surface area contributed by atoms with Gasteiger partial charge in [-0.25, -0.2) is 9.37 Å². The van der Waals surface area contributed by atoms with Crippen molar-refractivity contribution in [1.29, 1.82) is 0 Å². The lowest BCUT2D eigenvalue weighted by atomic mass is 9.93. The number of aromatic nitrogens is 2. The SMILES string of the molecule is O[C@H]1CCCC(Nc2nc(Cl)ncc2F)C1. The standard InChI is InChI=1S/C10H13ClFN3O/c11-10-13-5-8(12)9(15-10)14-6-2-1-3-7(16)4-6/h5-7,16H,1-4H2,(H,13,14,15)/t6?,7-/m0/s1. The fourth-order valence-electron chi connectivity index (χ4n) is 1.94. The van der Waals surface area contributed by atoms with Crippen LogP contribution in [0.1, 0.15) is 25.7 Å². The van der Waals surface area contributed by atoms with Crippen molar-refractivity contribution in [3.8, 4) is 0 Å². The summed E-state index contributed by atoms with van der Waals surface area (Å²) >= 11 is 5.58. The maximum absolute atomic E-state index is 13.3. The normalized spacial score (nSPS) is 25.4. The van der Waals surface area contributed by atoms with Crippen LogP contribution in [-0.2, 0) is 0 Å². The van der Waals surface area contributed by atoms with Crippen LogP contribution in [0.4, 0.5) is 10.2 Å². The van der Waals surface area contributed by atoms with Crippen LogP contribution >= 0.6 is 11.6 Å². The molecular formula is C10H13ClFN3O. The fraction of sp³-hybridized carbons (Fsp3) is 0.600. The monoisotopic (exact) mass is 245 g/mol. The summed E-state index contributed by atoms with van der Waals surface area (Å²) in [6.45, 7) is 0. The van der Waals surface area contributed by atoms with Gasteiger partial charge in [-0.3, -0.25) is 0 Å². The fourth-order valence-corrected chi connectivity index (χ4v) is 2.07. The van der Waals surface area contributed by atoms with Crippen LogP contribution in [0.15, 0.2) is 6.20 Å². The molecule has 4 nitrogen and oxygen atoms in total.